The van der Waals surface area contributed by atoms with Crippen LogP contribution in [0.5, 0.6) is 11.5 Å². The normalized spacial score (nSPS) is 14.6. The summed E-state index contributed by atoms with van der Waals surface area (Å²) in [5.74, 6) is -2.33. The number of nitro benzene ring substituents is 1. The Bertz CT molecular complexity index is 1390. The molecule has 0 unspecified atom stereocenters. The van der Waals surface area contributed by atoms with Gasteiger partial charge >= 0.3 is 5.97 Å². The summed E-state index contributed by atoms with van der Waals surface area (Å²) < 4.78 is 10.7. The lowest BCUT2D eigenvalue weighted by molar-refractivity contribution is -0.384. The largest absolute Gasteiger partial charge is 0.457 e. The molecule has 3 aromatic rings. The number of halogens is 1. The number of ketones is 1. The maximum atomic E-state index is 12.5. The van der Waals surface area contributed by atoms with Crippen LogP contribution < -0.4 is 10.2 Å². The third kappa shape index (κ3) is 6.31. The van der Waals surface area contributed by atoms with E-state index in [1.807, 2.05) is 0 Å². The van der Waals surface area contributed by atoms with E-state index in [1.165, 1.54) is 54.6 Å². The summed E-state index contributed by atoms with van der Waals surface area (Å²) in [5.41, 5.74) is 2.82. The van der Waals surface area contributed by atoms with Crippen molar-refractivity contribution in [3.05, 3.63) is 99.1 Å². The Balaban J connectivity index is 1.26. The van der Waals surface area contributed by atoms with Crippen molar-refractivity contribution < 1.29 is 33.6 Å². The van der Waals surface area contributed by atoms with Crippen LogP contribution in [0.15, 0.2) is 72.8 Å². The molecule has 1 N–H and O–H groups in total. The number of carbonyl (C=O) groups is 4. The van der Waals surface area contributed by atoms with Crippen molar-refractivity contribution in [3.8, 4) is 11.5 Å². The highest BCUT2D eigenvalue weighted by Crippen LogP contribution is 2.24. The predicted octanol–water partition coefficient (Wildman–Crippen LogP) is 3.96. The molecular formula is C26H20ClN3O8. The highest BCUT2D eigenvalue weighted by atomic mass is 35.5. The molecule has 1 aliphatic rings. The second-order valence-electron chi connectivity index (χ2n) is 8.23. The number of amides is 2. The van der Waals surface area contributed by atoms with E-state index in [1.54, 1.807) is 18.2 Å². The number of non-ortho nitro benzene ring substituents is 1. The molecule has 11 nitrogen and oxygen atoms in total. The summed E-state index contributed by atoms with van der Waals surface area (Å²) >= 11 is 6.00. The van der Waals surface area contributed by atoms with Gasteiger partial charge in [0.25, 0.3) is 11.6 Å². The number of Topliss-reactive ketones (excluding diaryl/α,β-unsaturated/α-hetero) is 1. The summed E-state index contributed by atoms with van der Waals surface area (Å²) in [4.78, 5) is 59.8. The van der Waals surface area contributed by atoms with Gasteiger partial charge in [0, 0.05) is 24.1 Å². The van der Waals surface area contributed by atoms with Crippen molar-refractivity contribution in [2.24, 2.45) is 5.92 Å². The number of hydrogen-bond donors (Lipinski definition) is 1. The molecule has 1 heterocycles. The minimum absolute atomic E-state index is 0.0654. The molecule has 0 bridgehead atoms. The Morgan fingerprint density at radius 1 is 1.00 bits per heavy atom. The Labute approximate surface area is 221 Å². The van der Waals surface area contributed by atoms with E-state index in [2.05, 4.69) is 5.43 Å². The molecule has 4 rings (SSSR count). The molecule has 0 aromatic heterocycles. The number of ether oxygens (including phenoxy) is 2. The van der Waals surface area contributed by atoms with Crippen LogP contribution in [-0.2, 0) is 14.3 Å². The van der Waals surface area contributed by atoms with E-state index in [-0.39, 0.29) is 34.8 Å². The van der Waals surface area contributed by atoms with Gasteiger partial charge in [-0.15, -0.1) is 0 Å². The van der Waals surface area contributed by atoms with Gasteiger partial charge in [0.2, 0.25) is 5.91 Å². The second-order valence-corrected chi connectivity index (χ2v) is 8.64. The minimum Gasteiger partial charge on any atom is -0.457 e. The zero-order valence-electron chi connectivity index (χ0n) is 19.7. The van der Waals surface area contributed by atoms with Crippen molar-refractivity contribution in [1.82, 2.24) is 10.4 Å². The maximum Gasteiger partial charge on any atom is 0.311 e. The zero-order valence-corrected chi connectivity index (χ0v) is 20.4. The van der Waals surface area contributed by atoms with Crippen LogP contribution in [0.3, 0.4) is 0 Å². The number of nitrogens with zero attached hydrogens (tertiary/aromatic N) is 2. The number of benzene rings is 3. The lowest BCUT2D eigenvalue weighted by Crippen LogP contribution is -2.43. The van der Waals surface area contributed by atoms with E-state index in [4.69, 9.17) is 21.1 Å². The molecule has 194 valence electrons. The Kier molecular flexibility index (Phi) is 7.97. The van der Waals surface area contributed by atoms with Gasteiger partial charge in [-0.3, -0.25) is 39.7 Å². The molecule has 12 heteroatoms. The number of nitro groups is 1. The first-order chi connectivity index (χ1) is 18.2. The fourth-order valence-corrected chi connectivity index (χ4v) is 3.84. The molecule has 2 amide bonds. The van der Waals surface area contributed by atoms with Crippen molar-refractivity contribution in [1.29, 1.82) is 0 Å². The third-order valence-corrected chi connectivity index (χ3v) is 5.95. The smallest absolute Gasteiger partial charge is 0.311 e. The summed E-state index contributed by atoms with van der Waals surface area (Å²) in [6.45, 7) is -0.630. The monoisotopic (exact) mass is 537 g/mol. The van der Waals surface area contributed by atoms with E-state index in [9.17, 15) is 29.3 Å². The number of nitrogens with one attached hydrogen (secondary N) is 1. The fraction of sp³-hybridized carbons (Fsp3) is 0.154. The van der Waals surface area contributed by atoms with Gasteiger partial charge in [0.15, 0.2) is 12.4 Å². The summed E-state index contributed by atoms with van der Waals surface area (Å²) in [6, 6.07) is 17.9. The first kappa shape index (κ1) is 26.3. The van der Waals surface area contributed by atoms with E-state index in [0.29, 0.717) is 11.5 Å². The van der Waals surface area contributed by atoms with Crippen molar-refractivity contribution >= 4 is 40.9 Å². The number of hydrazine groups is 1. The molecule has 0 radical (unpaired) electrons. The van der Waals surface area contributed by atoms with Crippen LogP contribution in [0, 0.1) is 16.0 Å². The SMILES string of the molecule is O=C(COC(=O)[C@H]1CC(=O)N(NC(=O)c2ccccc2Cl)C1)c1ccc(Oc2ccc([N+](=O)[O-])cc2)cc1. The average Bonchev–Trinajstić information content (AvgIpc) is 3.28. The van der Waals surface area contributed by atoms with Crippen molar-refractivity contribution in [3.63, 3.8) is 0 Å². The van der Waals surface area contributed by atoms with Crippen LogP contribution in [0.2, 0.25) is 5.02 Å². The van der Waals surface area contributed by atoms with Crippen molar-refractivity contribution in [2.75, 3.05) is 13.2 Å². The molecule has 1 atom stereocenters. The van der Waals surface area contributed by atoms with Gasteiger partial charge in [-0.1, -0.05) is 23.7 Å². The van der Waals surface area contributed by atoms with Crippen LogP contribution >= 0.6 is 11.6 Å². The van der Waals surface area contributed by atoms with Gasteiger partial charge < -0.3 is 9.47 Å². The number of carbonyl (C=O) groups excluding carboxylic acids is 4. The van der Waals surface area contributed by atoms with Crippen LogP contribution in [0.25, 0.3) is 0 Å². The van der Waals surface area contributed by atoms with Gasteiger partial charge in [-0.05, 0) is 48.5 Å². The zero-order chi connectivity index (χ0) is 27.2. The maximum absolute atomic E-state index is 12.5. The molecule has 1 aliphatic heterocycles. The number of esters is 1. The van der Waals surface area contributed by atoms with Gasteiger partial charge in [0.1, 0.15) is 11.5 Å². The van der Waals surface area contributed by atoms with Crippen LogP contribution in [0.4, 0.5) is 5.69 Å². The summed E-state index contributed by atoms with van der Waals surface area (Å²) in [7, 11) is 0. The lowest BCUT2D eigenvalue weighted by Gasteiger charge is -2.18. The topological polar surface area (TPSA) is 145 Å². The van der Waals surface area contributed by atoms with Gasteiger partial charge in [0.05, 0.1) is 28.0 Å². The molecule has 0 aliphatic carbocycles. The molecular weight excluding hydrogens is 518 g/mol. The van der Waals surface area contributed by atoms with E-state index in [0.717, 1.165) is 5.01 Å². The molecule has 1 saturated heterocycles. The standard InChI is InChI=1S/C26H20ClN3O8/c27-22-4-2-1-3-21(22)25(33)28-29-14-17(13-24(29)32)26(34)37-15-23(31)16-5-9-19(10-6-16)38-20-11-7-18(8-12-20)30(35)36/h1-12,17H,13-15H2,(H,28,33)/t17-/m0/s1. The van der Waals surface area contributed by atoms with E-state index < -0.39 is 41.0 Å². The molecule has 0 saturated carbocycles. The highest BCUT2D eigenvalue weighted by Gasteiger charge is 2.37. The molecule has 38 heavy (non-hydrogen) atoms. The van der Waals surface area contributed by atoms with Crippen molar-refractivity contribution in [2.45, 2.75) is 6.42 Å². The Hall–Kier alpha value is -4.77. The number of rotatable bonds is 9. The van der Waals surface area contributed by atoms with E-state index >= 15 is 0 Å². The van der Waals surface area contributed by atoms with Gasteiger partial charge in [-0.25, -0.2) is 0 Å². The summed E-state index contributed by atoms with van der Waals surface area (Å²) in [5, 5.41) is 12.0. The number of hydrogen-bond acceptors (Lipinski definition) is 8. The Morgan fingerprint density at radius 3 is 2.26 bits per heavy atom. The lowest BCUT2D eigenvalue weighted by atomic mass is 10.1. The molecule has 0 spiro atoms. The second kappa shape index (κ2) is 11.5. The highest BCUT2D eigenvalue weighted by molar-refractivity contribution is 6.33. The predicted molar refractivity (Wildman–Crippen MR) is 134 cm³/mol. The van der Waals surface area contributed by atoms with Crippen LogP contribution in [-0.4, -0.2) is 46.7 Å². The third-order valence-electron chi connectivity index (χ3n) is 5.62. The Morgan fingerprint density at radius 2 is 1.63 bits per heavy atom. The summed E-state index contributed by atoms with van der Waals surface area (Å²) in [6.07, 6.45) is -0.176. The molecule has 3 aromatic carbocycles. The first-order valence-corrected chi connectivity index (χ1v) is 11.7. The average molecular weight is 538 g/mol. The molecule has 1 fully saturated rings. The fourth-order valence-electron chi connectivity index (χ4n) is 3.62. The minimum atomic E-state index is -0.848. The first-order valence-electron chi connectivity index (χ1n) is 11.3. The van der Waals surface area contributed by atoms with Crippen LogP contribution in [0.1, 0.15) is 27.1 Å². The van der Waals surface area contributed by atoms with Gasteiger partial charge in [-0.2, -0.15) is 0 Å². The quantitative estimate of drug-likeness (QED) is 0.187.